The molecule has 0 bridgehead atoms. The van der Waals surface area contributed by atoms with Gasteiger partial charge in [-0.05, 0) is 50.1 Å². The SMILES string of the molecule is C/C(=C\C(=O)c1cccnc1)Nc1cc(C)ccc1C. The van der Waals surface area contributed by atoms with Crippen LogP contribution in [0.4, 0.5) is 5.69 Å². The molecular formula is C17H18N2O. The Hall–Kier alpha value is -2.42. The van der Waals surface area contributed by atoms with Gasteiger partial charge >= 0.3 is 0 Å². The minimum Gasteiger partial charge on any atom is -0.359 e. The zero-order valence-corrected chi connectivity index (χ0v) is 12.0. The van der Waals surface area contributed by atoms with Crippen molar-refractivity contribution in [1.82, 2.24) is 4.98 Å². The lowest BCUT2D eigenvalue weighted by molar-refractivity contribution is 0.104. The van der Waals surface area contributed by atoms with E-state index >= 15 is 0 Å². The monoisotopic (exact) mass is 266 g/mol. The molecule has 0 spiro atoms. The summed E-state index contributed by atoms with van der Waals surface area (Å²) >= 11 is 0. The van der Waals surface area contributed by atoms with E-state index in [-0.39, 0.29) is 5.78 Å². The number of rotatable bonds is 4. The van der Waals surface area contributed by atoms with Crippen molar-refractivity contribution in [2.45, 2.75) is 20.8 Å². The lowest BCUT2D eigenvalue weighted by Gasteiger charge is -2.10. The van der Waals surface area contributed by atoms with Crippen LogP contribution in [-0.2, 0) is 0 Å². The summed E-state index contributed by atoms with van der Waals surface area (Å²) in [6, 6.07) is 9.72. The number of benzene rings is 1. The summed E-state index contributed by atoms with van der Waals surface area (Å²) in [5.41, 5.74) is 4.77. The van der Waals surface area contributed by atoms with Gasteiger partial charge < -0.3 is 5.32 Å². The molecule has 20 heavy (non-hydrogen) atoms. The van der Waals surface area contributed by atoms with Crippen LogP contribution >= 0.6 is 0 Å². The molecule has 2 rings (SSSR count). The largest absolute Gasteiger partial charge is 0.359 e. The molecule has 1 aromatic carbocycles. The number of ketones is 1. The predicted octanol–water partition coefficient (Wildman–Crippen LogP) is 3.90. The molecule has 102 valence electrons. The molecule has 0 aliphatic rings. The van der Waals surface area contributed by atoms with Gasteiger partial charge in [-0.25, -0.2) is 0 Å². The van der Waals surface area contributed by atoms with Crippen molar-refractivity contribution in [2.75, 3.05) is 5.32 Å². The van der Waals surface area contributed by atoms with E-state index in [9.17, 15) is 4.79 Å². The molecule has 0 amide bonds. The molecule has 0 atom stereocenters. The van der Waals surface area contributed by atoms with Gasteiger partial charge in [-0.15, -0.1) is 0 Å². The van der Waals surface area contributed by atoms with Crippen LogP contribution in [0.25, 0.3) is 0 Å². The van der Waals surface area contributed by atoms with Gasteiger partial charge in [-0.3, -0.25) is 9.78 Å². The third-order valence-electron chi connectivity index (χ3n) is 3.02. The normalized spacial score (nSPS) is 11.2. The van der Waals surface area contributed by atoms with Gasteiger partial charge in [0.05, 0.1) is 0 Å². The first-order valence-corrected chi connectivity index (χ1v) is 6.53. The van der Waals surface area contributed by atoms with E-state index in [4.69, 9.17) is 0 Å². The summed E-state index contributed by atoms with van der Waals surface area (Å²) in [6.45, 7) is 5.97. The number of hydrogen-bond donors (Lipinski definition) is 1. The van der Waals surface area contributed by atoms with Gasteiger partial charge in [0.25, 0.3) is 0 Å². The van der Waals surface area contributed by atoms with Crippen molar-refractivity contribution in [2.24, 2.45) is 0 Å². The smallest absolute Gasteiger partial charge is 0.189 e. The van der Waals surface area contributed by atoms with Crippen LogP contribution in [0.1, 0.15) is 28.4 Å². The number of aromatic nitrogens is 1. The fraction of sp³-hybridized carbons (Fsp3) is 0.176. The van der Waals surface area contributed by atoms with Gasteiger partial charge in [0.2, 0.25) is 0 Å². The molecule has 0 fully saturated rings. The van der Waals surface area contributed by atoms with E-state index in [0.29, 0.717) is 5.56 Å². The molecule has 3 nitrogen and oxygen atoms in total. The Labute approximate surface area is 119 Å². The molecule has 2 aromatic rings. The van der Waals surface area contributed by atoms with Gasteiger partial charge in [0, 0.05) is 35.4 Å². The number of pyridine rings is 1. The second-order valence-corrected chi connectivity index (χ2v) is 4.88. The zero-order valence-electron chi connectivity index (χ0n) is 12.0. The maximum absolute atomic E-state index is 12.0. The maximum atomic E-state index is 12.0. The number of nitrogens with one attached hydrogen (secondary N) is 1. The Balaban J connectivity index is 2.15. The molecule has 0 saturated carbocycles. The molecular weight excluding hydrogens is 248 g/mol. The Morgan fingerprint density at radius 3 is 2.75 bits per heavy atom. The van der Waals surface area contributed by atoms with E-state index in [0.717, 1.165) is 16.9 Å². The molecule has 0 aliphatic carbocycles. The number of carbonyl (C=O) groups excluding carboxylic acids is 1. The third kappa shape index (κ3) is 3.54. The highest BCUT2D eigenvalue weighted by molar-refractivity contribution is 6.04. The Morgan fingerprint density at radius 2 is 2.05 bits per heavy atom. The minimum atomic E-state index is -0.0478. The Bertz CT molecular complexity index is 645. The lowest BCUT2D eigenvalue weighted by atomic mass is 10.1. The fourth-order valence-corrected chi connectivity index (χ4v) is 1.91. The minimum absolute atomic E-state index is 0.0478. The van der Waals surface area contributed by atoms with Gasteiger partial charge in [0.1, 0.15) is 0 Å². The second-order valence-electron chi connectivity index (χ2n) is 4.88. The summed E-state index contributed by atoms with van der Waals surface area (Å²) in [4.78, 5) is 16.0. The quantitative estimate of drug-likeness (QED) is 0.674. The Morgan fingerprint density at radius 1 is 1.25 bits per heavy atom. The average Bonchev–Trinajstić information content (AvgIpc) is 2.43. The number of aryl methyl sites for hydroxylation is 2. The first-order valence-electron chi connectivity index (χ1n) is 6.53. The van der Waals surface area contributed by atoms with Crippen molar-refractivity contribution in [3.8, 4) is 0 Å². The first kappa shape index (κ1) is 14.0. The van der Waals surface area contributed by atoms with Gasteiger partial charge in [-0.1, -0.05) is 12.1 Å². The molecule has 0 saturated heterocycles. The molecule has 1 aromatic heterocycles. The third-order valence-corrected chi connectivity index (χ3v) is 3.02. The predicted molar refractivity (Wildman–Crippen MR) is 81.9 cm³/mol. The highest BCUT2D eigenvalue weighted by atomic mass is 16.1. The van der Waals surface area contributed by atoms with Crippen LogP contribution in [0, 0.1) is 13.8 Å². The summed E-state index contributed by atoms with van der Waals surface area (Å²) in [5, 5.41) is 3.27. The van der Waals surface area contributed by atoms with Crippen molar-refractivity contribution in [3.63, 3.8) is 0 Å². The van der Waals surface area contributed by atoms with Crippen LogP contribution in [0.5, 0.6) is 0 Å². The first-order chi connectivity index (χ1) is 9.56. The van der Waals surface area contributed by atoms with Crippen LogP contribution in [0.15, 0.2) is 54.5 Å². The van der Waals surface area contributed by atoms with E-state index < -0.39 is 0 Å². The van der Waals surface area contributed by atoms with Crippen LogP contribution < -0.4 is 5.32 Å². The summed E-state index contributed by atoms with van der Waals surface area (Å²) in [6.07, 6.45) is 4.82. The zero-order chi connectivity index (χ0) is 14.5. The van der Waals surface area contributed by atoms with E-state index in [1.807, 2.05) is 20.8 Å². The maximum Gasteiger partial charge on any atom is 0.189 e. The fourth-order valence-electron chi connectivity index (χ4n) is 1.91. The second kappa shape index (κ2) is 6.15. The lowest BCUT2D eigenvalue weighted by Crippen LogP contribution is -2.03. The number of hydrogen-bond acceptors (Lipinski definition) is 3. The van der Waals surface area contributed by atoms with Crippen molar-refractivity contribution < 1.29 is 4.79 Å². The summed E-state index contributed by atoms with van der Waals surface area (Å²) < 4.78 is 0. The molecule has 0 radical (unpaired) electrons. The topological polar surface area (TPSA) is 42.0 Å². The van der Waals surface area contributed by atoms with Crippen LogP contribution in [0.3, 0.4) is 0 Å². The van der Waals surface area contributed by atoms with Gasteiger partial charge in [-0.2, -0.15) is 0 Å². The van der Waals surface area contributed by atoms with Crippen molar-refractivity contribution >= 4 is 11.5 Å². The molecule has 1 heterocycles. The van der Waals surface area contributed by atoms with Gasteiger partial charge in [0.15, 0.2) is 5.78 Å². The molecule has 1 N–H and O–H groups in total. The number of nitrogens with zero attached hydrogens (tertiary/aromatic N) is 1. The van der Waals surface area contributed by atoms with Crippen LogP contribution in [-0.4, -0.2) is 10.8 Å². The van der Waals surface area contributed by atoms with E-state index in [2.05, 4.69) is 28.5 Å². The summed E-state index contributed by atoms with van der Waals surface area (Å²) in [5.74, 6) is -0.0478. The number of allylic oxidation sites excluding steroid dienone is 2. The molecule has 0 aliphatic heterocycles. The van der Waals surface area contributed by atoms with E-state index in [1.54, 1.807) is 30.6 Å². The van der Waals surface area contributed by atoms with E-state index in [1.165, 1.54) is 5.56 Å². The Kier molecular flexibility index (Phi) is 4.31. The average molecular weight is 266 g/mol. The van der Waals surface area contributed by atoms with Crippen LogP contribution in [0.2, 0.25) is 0 Å². The standard InChI is InChI=1S/C17H18N2O/c1-12-6-7-13(2)16(9-12)19-14(3)10-17(20)15-5-4-8-18-11-15/h4-11,19H,1-3H3/b14-10+. The highest BCUT2D eigenvalue weighted by Crippen LogP contribution is 2.18. The summed E-state index contributed by atoms with van der Waals surface area (Å²) in [7, 11) is 0. The number of anilines is 1. The molecule has 0 unspecified atom stereocenters. The molecule has 3 heteroatoms. The number of carbonyl (C=O) groups is 1. The van der Waals surface area contributed by atoms with Crippen molar-refractivity contribution in [3.05, 3.63) is 71.2 Å². The van der Waals surface area contributed by atoms with Crippen molar-refractivity contribution in [1.29, 1.82) is 0 Å². The highest BCUT2D eigenvalue weighted by Gasteiger charge is 2.04.